The number of aryl methyl sites for hydroxylation is 2. The molecule has 5 heteroatoms. The van der Waals surface area contributed by atoms with Gasteiger partial charge in [0.05, 0.1) is 6.04 Å². The Morgan fingerprint density at radius 2 is 1.74 bits per heavy atom. The topological polar surface area (TPSA) is 71.3 Å². The fourth-order valence-electron chi connectivity index (χ4n) is 3.41. The summed E-state index contributed by atoms with van der Waals surface area (Å²) in [7, 11) is 2.00. The Morgan fingerprint density at radius 1 is 1.04 bits per heavy atom. The number of nitrogens with one attached hydrogen (secondary N) is 1. The van der Waals surface area contributed by atoms with Crippen molar-refractivity contribution < 1.29 is 14.7 Å². The van der Waals surface area contributed by atoms with Crippen LogP contribution in [-0.4, -0.2) is 21.6 Å². The van der Waals surface area contributed by atoms with Crippen molar-refractivity contribution >= 4 is 22.8 Å². The molecule has 0 bridgehead atoms. The number of aromatic nitrogens is 1. The third kappa shape index (κ3) is 4.76. The van der Waals surface area contributed by atoms with E-state index in [0.717, 1.165) is 16.6 Å². The number of carboxylic acid groups (broad SMARTS) is 1. The highest BCUT2D eigenvalue weighted by atomic mass is 16.4. The van der Waals surface area contributed by atoms with Crippen molar-refractivity contribution in [2.24, 2.45) is 7.05 Å². The maximum Gasteiger partial charge on any atom is 0.303 e. The van der Waals surface area contributed by atoms with E-state index in [0.29, 0.717) is 19.3 Å². The second-order valence-corrected chi connectivity index (χ2v) is 6.75. The largest absolute Gasteiger partial charge is 0.481 e. The van der Waals surface area contributed by atoms with Crippen LogP contribution >= 0.6 is 0 Å². The van der Waals surface area contributed by atoms with E-state index in [1.165, 1.54) is 5.39 Å². The summed E-state index contributed by atoms with van der Waals surface area (Å²) in [5, 5.41) is 13.2. The lowest BCUT2D eigenvalue weighted by Crippen LogP contribution is -2.29. The van der Waals surface area contributed by atoms with E-state index in [1.807, 2.05) is 49.5 Å². The summed E-state index contributed by atoms with van der Waals surface area (Å²) in [5.41, 5.74) is 3.22. The summed E-state index contributed by atoms with van der Waals surface area (Å²) in [6, 6.07) is 17.4. The Bertz CT molecular complexity index is 931. The maximum atomic E-state index is 12.5. The molecule has 0 aliphatic rings. The minimum atomic E-state index is -0.860. The van der Waals surface area contributed by atoms with E-state index in [9.17, 15) is 9.59 Å². The van der Waals surface area contributed by atoms with Gasteiger partial charge in [-0.3, -0.25) is 9.59 Å². The van der Waals surface area contributed by atoms with Crippen LogP contribution in [0.25, 0.3) is 10.9 Å². The van der Waals surface area contributed by atoms with E-state index < -0.39 is 5.97 Å². The highest BCUT2D eigenvalue weighted by molar-refractivity contribution is 5.85. The third-order valence-electron chi connectivity index (χ3n) is 4.78. The average molecular weight is 364 g/mol. The minimum Gasteiger partial charge on any atom is -0.481 e. The number of carboxylic acids is 1. The normalized spacial score (nSPS) is 12.0. The van der Waals surface area contributed by atoms with Crippen molar-refractivity contribution in [2.45, 2.75) is 31.7 Å². The quantitative estimate of drug-likeness (QED) is 0.638. The molecule has 0 saturated carbocycles. The molecular formula is C22H24N2O3. The lowest BCUT2D eigenvalue weighted by Gasteiger charge is -2.18. The van der Waals surface area contributed by atoms with Crippen LogP contribution in [0.15, 0.2) is 60.8 Å². The molecule has 1 heterocycles. The Kier molecular flexibility index (Phi) is 5.91. The van der Waals surface area contributed by atoms with Gasteiger partial charge in [-0.25, -0.2) is 0 Å². The smallest absolute Gasteiger partial charge is 0.303 e. The first kappa shape index (κ1) is 18.7. The first-order valence-electron chi connectivity index (χ1n) is 9.13. The molecule has 0 saturated heterocycles. The highest BCUT2D eigenvalue weighted by Gasteiger charge is 2.16. The van der Waals surface area contributed by atoms with Crippen LogP contribution in [-0.2, 0) is 23.1 Å². The molecular weight excluding hydrogens is 340 g/mol. The van der Waals surface area contributed by atoms with Crippen LogP contribution in [0.5, 0.6) is 0 Å². The molecule has 3 rings (SSSR count). The number of carbonyl (C=O) groups excluding carboxylic acids is 1. The molecule has 27 heavy (non-hydrogen) atoms. The van der Waals surface area contributed by atoms with Gasteiger partial charge in [0.15, 0.2) is 0 Å². The van der Waals surface area contributed by atoms with Gasteiger partial charge in [-0.05, 0) is 30.0 Å². The molecule has 0 aliphatic heterocycles. The number of benzene rings is 2. The molecule has 1 aromatic heterocycles. The Balaban J connectivity index is 1.66. The van der Waals surface area contributed by atoms with Gasteiger partial charge in [0, 0.05) is 37.0 Å². The lowest BCUT2D eigenvalue weighted by atomic mass is 10.0. The molecule has 1 atom stereocenters. The zero-order valence-electron chi connectivity index (χ0n) is 15.4. The fourth-order valence-corrected chi connectivity index (χ4v) is 3.41. The van der Waals surface area contributed by atoms with Crippen molar-refractivity contribution in [3.8, 4) is 0 Å². The highest BCUT2D eigenvalue weighted by Crippen LogP contribution is 2.22. The van der Waals surface area contributed by atoms with E-state index in [1.54, 1.807) is 0 Å². The molecule has 3 aromatic rings. The molecule has 5 nitrogen and oxygen atoms in total. The number of hydrogen-bond acceptors (Lipinski definition) is 2. The predicted octanol–water partition coefficient (Wildman–Crippen LogP) is 3.83. The van der Waals surface area contributed by atoms with Crippen LogP contribution in [0.1, 0.15) is 36.4 Å². The summed E-state index contributed by atoms with van der Waals surface area (Å²) >= 11 is 0. The van der Waals surface area contributed by atoms with Gasteiger partial charge in [0.25, 0.3) is 0 Å². The number of nitrogens with zero attached hydrogens (tertiary/aromatic N) is 1. The summed E-state index contributed by atoms with van der Waals surface area (Å²) in [4.78, 5) is 23.5. The van der Waals surface area contributed by atoms with E-state index >= 15 is 0 Å². The monoisotopic (exact) mass is 364 g/mol. The van der Waals surface area contributed by atoms with Crippen LogP contribution in [0, 0.1) is 0 Å². The van der Waals surface area contributed by atoms with Crippen LogP contribution < -0.4 is 5.32 Å². The van der Waals surface area contributed by atoms with Crippen molar-refractivity contribution in [2.75, 3.05) is 0 Å². The summed E-state index contributed by atoms with van der Waals surface area (Å²) < 4.78 is 2.07. The third-order valence-corrected chi connectivity index (χ3v) is 4.78. The van der Waals surface area contributed by atoms with Gasteiger partial charge in [-0.1, -0.05) is 48.5 Å². The molecule has 1 unspecified atom stereocenters. The van der Waals surface area contributed by atoms with Crippen LogP contribution in [0.4, 0.5) is 0 Å². The Labute approximate surface area is 158 Å². The molecule has 2 N–H and O–H groups in total. The van der Waals surface area contributed by atoms with Gasteiger partial charge in [-0.15, -0.1) is 0 Å². The lowest BCUT2D eigenvalue weighted by molar-refractivity contribution is -0.137. The molecule has 0 radical (unpaired) electrons. The Hall–Kier alpha value is -3.08. The van der Waals surface area contributed by atoms with Crippen LogP contribution in [0.2, 0.25) is 0 Å². The maximum absolute atomic E-state index is 12.5. The van der Waals surface area contributed by atoms with Crippen molar-refractivity contribution in [1.82, 2.24) is 9.88 Å². The molecule has 2 aromatic carbocycles. The zero-order valence-corrected chi connectivity index (χ0v) is 15.4. The van der Waals surface area contributed by atoms with E-state index in [2.05, 4.69) is 28.2 Å². The van der Waals surface area contributed by atoms with Crippen LogP contribution in [0.3, 0.4) is 0 Å². The number of fused-ring (bicyclic) bond motifs is 1. The SMILES string of the molecule is Cn1cc(CCC(=O)NC(CCC(=O)O)c2ccccc2)c2ccccc21. The summed E-state index contributed by atoms with van der Waals surface area (Å²) in [5.74, 6) is -0.928. The predicted molar refractivity (Wildman–Crippen MR) is 105 cm³/mol. The average Bonchev–Trinajstić information content (AvgIpc) is 3.00. The first-order chi connectivity index (χ1) is 13.0. The minimum absolute atomic E-state index is 0.0170. The molecule has 0 spiro atoms. The van der Waals surface area contributed by atoms with Crippen molar-refractivity contribution in [3.05, 3.63) is 71.9 Å². The fraction of sp³-hybridized carbons (Fsp3) is 0.273. The number of para-hydroxylation sites is 1. The molecule has 140 valence electrons. The second kappa shape index (κ2) is 8.54. The Morgan fingerprint density at radius 3 is 2.48 bits per heavy atom. The number of hydrogen-bond donors (Lipinski definition) is 2. The van der Waals surface area contributed by atoms with E-state index in [4.69, 9.17) is 5.11 Å². The number of rotatable bonds is 8. The van der Waals surface area contributed by atoms with Gasteiger partial charge < -0.3 is 15.0 Å². The van der Waals surface area contributed by atoms with Crippen molar-refractivity contribution in [1.29, 1.82) is 0 Å². The molecule has 0 fully saturated rings. The standard InChI is InChI=1S/C22H24N2O3/c1-24-15-17(18-9-5-6-10-20(18)24)11-13-21(25)23-19(12-14-22(26)27)16-7-3-2-4-8-16/h2-10,15,19H,11-14H2,1H3,(H,23,25)(H,26,27). The van der Waals surface area contributed by atoms with Gasteiger partial charge in [0.1, 0.15) is 0 Å². The van der Waals surface area contributed by atoms with Gasteiger partial charge in [-0.2, -0.15) is 0 Å². The first-order valence-corrected chi connectivity index (χ1v) is 9.13. The number of carbonyl (C=O) groups is 2. The van der Waals surface area contributed by atoms with E-state index in [-0.39, 0.29) is 18.4 Å². The molecule has 1 amide bonds. The molecule has 0 aliphatic carbocycles. The van der Waals surface area contributed by atoms with Crippen molar-refractivity contribution in [3.63, 3.8) is 0 Å². The summed E-state index contributed by atoms with van der Waals surface area (Å²) in [6.45, 7) is 0. The van der Waals surface area contributed by atoms with Gasteiger partial charge >= 0.3 is 5.97 Å². The second-order valence-electron chi connectivity index (χ2n) is 6.75. The number of aliphatic carboxylic acids is 1. The summed E-state index contributed by atoms with van der Waals surface area (Å²) in [6.07, 6.45) is 3.47. The van der Waals surface area contributed by atoms with Gasteiger partial charge in [0.2, 0.25) is 5.91 Å². The number of amides is 1. The zero-order chi connectivity index (χ0) is 19.2.